The predicted octanol–water partition coefficient (Wildman–Crippen LogP) is 2.42. The Balaban J connectivity index is 2.50. The molecular weight excluding hydrogens is 268 g/mol. The fraction of sp³-hybridized carbons (Fsp3) is 0.312. The van der Waals surface area contributed by atoms with Gasteiger partial charge < -0.3 is 19.5 Å². The molecule has 5 nitrogen and oxygen atoms in total. The van der Waals surface area contributed by atoms with E-state index in [1.165, 1.54) is 0 Å². The Hall–Kier alpha value is -2.27. The first-order valence-corrected chi connectivity index (χ1v) is 6.62. The monoisotopic (exact) mass is 288 g/mol. The van der Waals surface area contributed by atoms with E-state index in [4.69, 9.17) is 14.2 Å². The van der Waals surface area contributed by atoms with Gasteiger partial charge in [-0.25, -0.2) is 4.98 Å². The lowest BCUT2D eigenvalue weighted by atomic mass is 9.99. The molecule has 0 aliphatic carbocycles. The van der Waals surface area contributed by atoms with Gasteiger partial charge in [-0.15, -0.1) is 0 Å². The van der Waals surface area contributed by atoms with Crippen molar-refractivity contribution in [3.8, 4) is 17.4 Å². The highest BCUT2D eigenvalue weighted by Gasteiger charge is 2.18. The van der Waals surface area contributed by atoms with Crippen LogP contribution in [0, 0.1) is 0 Å². The second-order valence-electron chi connectivity index (χ2n) is 4.47. The van der Waals surface area contributed by atoms with E-state index in [9.17, 15) is 0 Å². The summed E-state index contributed by atoms with van der Waals surface area (Å²) in [4.78, 5) is 4.25. The molecule has 1 aromatic heterocycles. The van der Waals surface area contributed by atoms with Crippen LogP contribution in [0.5, 0.6) is 17.4 Å². The molecule has 2 rings (SSSR count). The van der Waals surface area contributed by atoms with E-state index in [0.29, 0.717) is 5.88 Å². The summed E-state index contributed by atoms with van der Waals surface area (Å²) in [6, 6.07) is 9.58. The van der Waals surface area contributed by atoms with Crippen LogP contribution < -0.4 is 19.5 Å². The molecule has 0 aliphatic rings. The number of aromatic nitrogens is 1. The highest BCUT2D eigenvalue weighted by Crippen LogP contribution is 2.32. The summed E-state index contributed by atoms with van der Waals surface area (Å²) in [5.74, 6) is 2.08. The normalized spacial score (nSPS) is 11.8. The summed E-state index contributed by atoms with van der Waals surface area (Å²) in [7, 11) is 6.78. The number of nitrogens with zero attached hydrogens (tertiary/aromatic N) is 1. The van der Waals surface area contributed by atoms with Gasteiger partial charge >= 0.3 is 0 Å². The number of hydrogen-bond acceptors (Lipinski definition) is 5. The Morgan fingerprint density at radius 3 is 2.19 bits per heavy atom. The van der Waals surface area contributed by atoms with Crippen molar-refractivity contribution in [3.05, 3.63) is 47.7 Å². The first-order valence-electron chi connectivity index (χ1n) is 6.62. The third-order valence-electron chi connectivity index (χ3n) is 3.30. The fourth-order valence-electron chi connectivity index (χ4n) is 2.29. The van der Waals surface area contributed by atoms with Crippen molar-refractivity contribution < 1.29 is 14.2 Å². The minimum absolute atomic E-state index is 0.0716. The lowest BCUT2D eigenvalue weighted by Gasteiger charge is -2.20. The molecule has 5 heteroatoms. The molecule has 0 fully saturated rings. The molecule has 1 N–H and O–H groups in total. The second-order valence-corrected chi connectivity index (χ2v) is 4.47. The van der Waals surface area contributed by atoms with Crippen LogP contribution in [-0.4, -0.2) is 33.4 Å². The summed E-state index contributed by atoms with van der Waals surface area (Å²) in [5, 5.41) is 3.28. The molecule has 21 heavy (non-hydrogen) atoms. The van der Waals surface area contributed by atoms with Crippen LogP contribution in [0.15, 0.2) is 36.5 Å². The zero-order valence-corrected chi connectivity index (χ0v) is 12.7. The third kappa shape index (κ3) is 3.25. The molecule has 1 atom stereocenters. The Morgan fingerprint density at radius 2 is 1.67 bits per heavy atom. The summed E-state index contributed by atoms with van der Waals surface area (Å²) in [6.45, 7) is 0. The van der Waals surface area contributed by atoms with Gasteiger partial charge in [0.2, 0.25) is 5.88 Å². The smallest absolute Gasteiger partial charge is 0.218 e. The van der Waals surface area contributed by atoms with E-state index >= 15 is 0 Å². The Kier molecular flexibility index (Phi) is 5.00. The van der Waals surface area contributed by atoms with Gasteiger partial charge in [-0.3, -0.25) is 0 Å². The molecule has 0 aliphatic heterocycles. The highest BCUT2D eigenvalue weighted by atomic mass is 16.5. The second kappa shape index (κ2) is 6.95. The maximum absolute atomic E-state index is 5.35. The Bertz CT molecular complexity index is 580. The average Bonchev–Trinajstić information content (AvgIpc) is 2.55. The van der Waals surface area contributed by atoms with Gasteiger partial charge in [0.05, 0.1) is 27.4 Å². The number of methoxy groups -OCH3 is 3. The first-order chi connectivity index (χ1) is 10.2. The molecule has 0 bridgehead atoms. The van der Waals surface area contributed by atoms with E-state index < -0.39 is 0 Å². The topological polar surface area (TPSA) is 52.6 Å². The number of hydrogen-bond donors (Lipinski definition) is 1. The Labute approximate surface area is 124 Å². The number of benzene rings is 1. The van der Waals surface area contributed by atoms with E-state index in [1.807, 2.05) is 37.4 Å². The maximum Gasteiger partial charge on any atom is 0.218 e. The molecule has 112 valence electrons. The van der Waals surface area contributed by atoms with E-state index in [2.05, 4.69) is 10.3 Å². The summed E-state index contributed by atoms with van der Waals surface area (Å²) in [5.41, 5.74) is 1.97. The van der Waals surface area contributed by atoms with Crippen LogP contribution in [0.3, 0.4) is 0 Å². The van der Waals surface area contributed by atoms with Gasteiger partial charge in [0.15, 0.2) is 0 Å². The van der Waals surface area contributed by atoms with Crippen LogP contribution in [0.2, 0.25) is 0 Å². The molecule has 0 spiro atoms. The van der Waals surface area contributed by atoms with Crippen molar-refractivity contribution in [3.63, 3.8) is 0 Å². The van der Waals surface area contributed by atoms with Gasteiger partial charge in [0.25, 0.3) is 0 Å². The van der Waals surface area contributed by atoms with E-state index in [1.54, 1.807) is 27.5 Å². The number of nitrogens with one attached hydrogen (secondary N) is 1. The predicted molar refractivity (Wildman–Crippen MR) is 81.2 cm³/mol. The quantitative estimate of drug-likeness (QED) is 0.884. The van der Waals surface area contributed by atoms with Gasteiger partial charge in [0, 0.05) is 17.8 Å². The third-order valence-corrected chi connectivity index (χ3v) is 3.30. The van der Waals surface area contributed by atoms with Gasteiger partial charge in [-0.1, -0.05) is 6.07 Å². The molecule has 0 saturated heterocycles. The van der Waals surface area contributed by atoms with Gasteiger partial charge in [-0.2, -0.15) is 0 Å². The standard InChI is InChI=1S/C16H20N2O3/c1-17-15(14-6-5-7-18-16(14)21-4)11-8-12(19-2)10-13(9-11)20-3/h5-10,15,17H,1-4H3. The molecule has 2 aromatic rings. The van der Waals surface area contributed by atoms with E-state index in [0.717, 1.165) is 22.6 Å². The van der Waals surface area contributed by atoms with Crippen LogP contribution in [0.25, 0.3) is 0 Å². The number of ether oxygens (including phenoxy) is 3. The lowest BCUT2D eigenvalue weighted by Crippen LogP contribution is -2.19. The van der Waals surface area contributed by atoms with Crippen LogP contribution >= 0.6 is 0 Å². The van der Waals surface area contributed by atoms with Crippen molar-refractivity contribution in [1.82, 2.24) is 10.3 Å². The van der Waals surface area contributed by atoms with Crippen molar-refractivity contribution in [2.45, 2.75) is 6.04 Å². The largest absolute Gasteiger partial charge is 0.497 e. The SMILES string of the molecule is CNC(c1cc(OC)cc(OC)c1)c1cccnc1OC. The summed E-state index contributed by atoms with van der Waals surface area (Å²) < 4.78 is 16.0. The van der Waals surface area contributed by atoms with Gasteiger partial charge in [-0.05, 0) is 30.8 Å². The van der Waals surface area contributed by atoms with Crippen LogP contribution in [0.1, 0.15) is 17.2 Å². The van der Waals surface area contributed by atoms with Crippen LogP contribution in [0.4, 0.5) is 0 Å². The van der Waals surface area contributed by atoms with Crippen molar-refractivity contribution in [2.75, 3.05) is 28.4 Å². The molecular formula is C16H20N2O3. The molecule has 0 saturated carbocycles. The van der Waals surface area contributed by atoms with Gasteiger partial charge in [0.1, 0.15) is 11.5 Å². The Morgan fingerprint density at radius 1 is 1.00 bits per heavy atom. The lowest BCUT2D eigenvalue weighted by molar-refractivity contribution is 0.385. The highest BCUT2D eigenvalue weighted by molar-refractivity contribution is 5.44. The fourth-order valence-corrected chi connectivity index (χ4v) is 2.29. The van der Waals surface area contributed by atoms with Crippen molar-refractivity contribution in [2.24, 2.45) is 0 Å². The van der Waals surface area contributed by atoms with Crippen LogP contribution in [-0.2, 0) is 0 Å². The zero-order chi connectivity index (χ0) is 15.2. The summed E-state index contributed by atoms with van der Waals surface area (Å²) in [6.07, 6.45) is 1.71. The molecule has 1 heterocycles. The first kappa shape index (κ1) is 15.1. The maximum atomic E-state index is 5.35. The molecule has 1 aromatic carbocycles. The number of rotatable bonds is 6. The molecule has 0 amide bonds. The van der Waals surface area contributed by atoms with Crippen molar-refractivity contribution >= 4 is 0 Å². The number of pyridine rings is 1. The zero-order valence-electron chi connectivity index (χ0n) is 12.7. The minimum Gasteiger partial charge on any atom is -0.497 e. The summed E-state index contributed by atoms with van der Waals surface area (Å²) >= 11 is 0. The molecule has 1 unspecified atom stereocenters. The average molecular weight is 288 g/mol. The minimum atomic E-state index is -0.0716. The van der Waals surface area contributed by atoms with E-state index in [-0.39, 0.29) is 6.04 Å². The molecule has 0 radical (unpaired) electrons. The van der Waals surface area contributed by atoms with Crippen molar-refractivity contribution in [1.29, 1.82) is 0 Å².